The summed E-state index contributed by atoms with van der Waals surface area (Å²) in [5.74, 6) is -2.53. The predicted molar refractivity (Wildman–Crippen MR) is 62.4 cm³/mol. The summed E-state index contributed by atoms with van der Waals surface area (Å²) in [4.78, 5) is 24.8. The van der Waals surface area contributed by atoms with E-state index in [0.29, 0.717) is 13.0 Å². The second-order valence-electron chi connectivity index (χ2n) is 5.72. The van der Waals surface area contributed by atoms with Crippen LogP contribution in [0.3, 0.4) is 0 Å². The molecule has 0 radical (unpaired) electrons. The summed E-state index contributed by atoms with van der Waals surface area (Å²) in [6.07, 6.45) is 0.877. The van der Waals surface area contributed by atoms with Crippen LogP contribution in [0.25, 0.3) is 0 Å². The number of rotatable bonds is 2. The molecule has 0 aromatic heterocycles. The van der Waals surface area contributed by atoms with Crippen molar-refractivity contribution in [1.29, 1.82) is 0 Å². The van der Waals surface area contributed by atoms with Crippen LogP contribution in [-0.2, 0) is 9.59 Å². The van der Waals surface area contributed by atoms with Crippen molar-refractivity contribution in [1.82, 2.24) is 4.90 Å². The van der Waals surface area contributed by atoms with Gasteiger partial charge in [0.1, 0.15) is 5.92 Å². The van der Waals surface area contributed by atoms with Crippen molar-refractivity contribution < 1.29 is 19.8 Å². The van der Waals surface area contributed by atoms with Crippen molar-refractivity contribution in [3.63, 3.8) is 0 Å². The van der Waals surface area contributed by atoms with Crippen LogP contribution in [0.5, 0.6) is 0 Å². The maximum Gasteiger partial charge on any atom is 0.316 e. The van der Waals surface area contributed by atoms with Crippen molar-refractivity contribution in [2.45, 2.75) is 39.7 Å². The van der Waals surface area contributed by atoms with E-state index < -0.39 is 23.4 Å². The number of aliphatic hydroxyl groups excluding tert-OH is 1. The van der Waals surface area contributed by atoms with Crippen molar-refractivity contribution in [3.8, 4) is 0 Å². The van der Waals surface area contributed by atoms with E-state index in [1.165, 1.54) is 4.90 Å². The van der Waals surface area contributed by atoms with E-state index in [-0.39, 0.29) is 12.5 Å². The van der Waals surface area contributed by atoms with E-state index >= 15 is 0 Å². The largest absolute Gasteiger partial charge is 0.481 e. The summed E-state index contributed by atoms with van der Waals surface area (Å²) in [5, 5.41) is 18.7. The van der Waals surface area contributed by atoms with Gasteiger partial charge in [-0.05, 0) is 18.3 Å². The van der Waals surface area contributed by atoms with E-state index in [1.807, 2.05) is 0 Å². The molecule has 2 unspecified atom stereocenters. The lowest BCUT2D eigenvalue weighted by Crippen LogP contribution is -2.49. The zero-order valence-electron chi connectivity index (χ0n) is 10.6. The fourth-order valence-electron chi connectivity index (χ4n) is 2.18. The summed E-state index contributed by atoms with van der Waals surface area (Å²) in [6.45, 7) is 6.01. The molecule has 0 bridgehead atoms. The van der Waals surface area contributed by atoms with E-state index in [1.54, 1.807) is 20.8 Å². The first-order chi connectivity index (χ1) is 7.73. The van der Waals surface area contributed by atoms with Crippen LogP contribution in [0.2, 0.25) is 0 Å². The van der Waals surface area contributed by atoms with Gasteiger partial charge in [0, 0.05) is 13.1 Å². The van der Waals surface area contributed by atoms with Gasteiger partial charge in [0.05, 0.1) is 6.10 Å². The minimum atomic E-state index is -1.09. The molecule has 5 heteroatoms. The van der Waals surface area contributed by atoms with Crippen LogP contribution in [0.15, 0.2) is 0 Å². The fourth-order valence-corrected chi connectivity index (χ4v) is 2.18. The molecule has 1 amide bonds. The number of piperidine rings is 1. The van der Waals surface area contributed by atoms with Crippen LogP contribution < -0.4 is 0 Å². The van der Waals surface area contributed by atoms with Gasteiger partial charge >= 0.3 is 5.97 Å². The highest BCUT2D eigenvalue weighted by Crippen LogP contribution is 2.29. The van der Waals surface area contributed by atoms with Crippen molar-refractivity contribution in [2.75, 3.05) is 13.1 Å². The summed E-state index contributed by atoms with van der Waals surface area (Å²) in [5.41, 5.74) is -0.620. The standard InChI is InChI=1S/C12H21NO4/c1-12(2,3)9(11(16)17)10(15)13-6-4-5-8(14)7-13/h8-9,14H,4-7H2,1-3H3,(H,16,17). The van der Waals surface area contributed by atoms with E-state index in [4.69, 9.17) is 5.11 Å². The molecule has 2 atom stereocenters. The molecule has 0 spiro atoms. The summed E-state index contributed by atoms with van der Waals surface area (Å²) < 4.78 is 0. The lowest BCUT2D eigenvalue weighted by molar-refractivity contribution is -0.157. The number of likely N-dealkylation sites (tertiary alicyclic amines) is 1. The second-order valence-corrected chi connectivity index (χ2v) is 5.72. The van der Waals surface area contributed by atoms with Crippen LogP contribution in [0.1, 0.15) is 33.6 Å². The molecule has 98 valence electrons. The van der Waals surface area contributed by atoms with Crippen LogP contribution in [0, 0.1) is 11.3 Å². The van der Waals surface area contributed by atoms with Gasteiger partial charge in [0.25, 0.3) is 0 Å². The number of nitrogens with zero attached hydrogens (tertiary/aromatic N) is 1. The Hall–Kier alpha value is -1.10. The van der Waals surface area contributed by atoms with Gasteiger partial charge in [-0.3, -0.25) is 9.59 Å². The normalized spacial score (nSPS) is 23.3. The summed E-state index contributed by atoms with van der Waals surface area (Å²) in [7, 11) is 0. The Labute approximate surface area is 101 Å². The second kappa shape index (κ2) is 5.04. The molecule has 17 heavy (non-hydrogen) atoms. The number of β-amino-alcohol motifs (C(OH)–C–C–N with tert-alkyl or cyclic N) is 1. The molecule has 1 rings (SSSR count). The van der Waals surface area contributed by atoms with Gasteiger partial charge in [-0.25, -0.2) is 0 Å². The van der Waals surface area contributed by atoms with Crippen LogP contribution >= 0.6 is 0 Å². The molecule has 0 aromatic carbocycles. The molecule has 1 heterocycles. The lowest BCUT2D eigenvalue weighted by Gasteiger charge is -2.35. The van der Waals surface area contributed by atoms with E-state index in [0.717, 1.165) is 6.42 Å². The smallest absolute Gasteiger partial charge is 0.316 e. The van der Waals surface area contributed by atoms with Crippen molar-refractivity contribution in [3.05, 3.63) is 0 Å². The maximum atomic E-state index is 12.2. The third kappa shape index (κ3) is 3.43. The highest BCUT2D eigenvalue weighted by Gasteiger charge is 2.40. The molecule has 2 N–H and O–H groups in total. The number of aliphatic hydroxyl groups is 1. The number of carbonyl (C=O) groups excluding carboxylic acids is 1. The number of carboxylic acids is 1. The third-order valence-electron chi connectivity index (χ3n) is 3.07. The van der Waals surface area contributed by atoms with Crippen molar-refractivity contribution >= 4 is 11.9 Å². The highest BCUT2D eigenvalue weighted by molar-refractivity contribution is 5.97. The molecule has 1 saturated heterocycles. The fraction of sp³-hybridized carbons (Fsp3) is 0.833. The SMILES string of the molecule is CC(C)(C)C(C(=O)O)C(=O)N1CCCC(O)C1. The van der Waals surface area contributed by atoms with Crippen LogP contribution in [-0.4, -0.2) is 46.2 Å². The Bertz CT molecular complexity index is 308. The number of carboxylic acid groups (broad SMARTS) is 1. The van der Waals surface area contributed by atoms with Gasteiger partial charge < -0.3 is 15.1 Å². The minimum absolute atomic E-state index is 0.249. The average molecular weight is 243 g/mol. The zero-order chi connectivity index (χ0) is 13.2. The molecule has 1 aliphatic heterocycles. The third-order valence-corrected chi connectivity index (χ3v) is 3.07. The lowest BCUT2D eigenvalue weighted by atomic mass is 9.79. The summed E-state index contributed by atoms with van der Waals surface area (Å²) in [6, 6.07) is 0. The number of hydrogen-bond acceptors (Lipinski definition) is 3. The van der Waals surface area contributed by atoms with E-state index in [9.17, 15) is 14.7 Å². The first-order valence-electron chi connectivity index (χ1n) is 5.93. The Morgan fingerprint density at radius 2 is 1.94 bits per heavy atom. The quantitative estimate of drug-likeness (QED) is 0.700. The first-order valence-corrected chi connectivity index (χ1v) is 5.93. The molecular formula is C12H21NO4. The first kappa shape index (κ1) is 14.0. The molecule has 0 aliphatic carbocycles. The topological polar surface area (TPSA) is 77.8 Å². The Morgan fingerprint density at radius 3 is 2.35 bits per heavy atom. The van der Waals surface area contributed by atoms with E-state index in [2.05, 4.69) is 0 Å². The van der Waals surface area contributed by atoms with Gasteiger partial charge in [-0.2, -0.15) is 0 Å². The number of carbonyl (C=O) groups is 2. The summed E-state index contributed by atoms with van der Waals surface area (Å²) >= 11 is 0. The zero-order valence-corrected chi connectivity index (χ0v) is 10.6. The minimum Gasteiger partial charge on any atom is -0.481 e. The maximum absolute atomic E-state index is 12.2. The molecule has 1 fully saturated rings. The van der Waals surface area contributed by atoms with Gasteiger partial charge in [0.2, 0.25) is 5.91 Å². The molecule has 0 aromatic rings. The van der Waals surface area contributed by atoms with Gasteiger partial charge in [-0.15, -0.1) is 0 Å². The number of hydrogen-bond donors (Lipinski definition) is 2. The molecule has 5 nitrogen and oxygen atoms in total. The van der Waals surface area contributed by atoms with Gasteiger partial charge in [-0.1, -0.05) is 20.8 Å². The highest BCUT2D eigenvalue weighted by atomic mass is 16.4. The Balaban J connectivity index is 2.81. The number of aliphatic carboxylic acids is 1. The number of amides is 1. The molecule has 0 saturated carbocycles. The Morgan fingerprint density at radius 1 is 1.35 bits per heavy atom. The predicted octanol–water partition coefficient (Wildman–Crippen LogP) is 0.717. The molecule has 1 aliphatic rings. The van der Waals surface area contributed by atoms with Crippen molar-refractivity contribution in [2.24, 2.45) is 11.3 Å². The molecular weight excluding hydrogens is 222 g/mol. The Kier molecular flexibility index (Phi) is 4.14. The average Bonchev–Trinajstić information content (AvgIpc) is 2.14. The van der Waals surface area contributed by atoms with Crippen LogP contribution in [0.4, 0.5) is 0 Å². The van der Waals surface area contributed by atoms with Gasteiger partial charge in [0.15, 0.2) is 0 Å². The monoisotopic (exact) mass is 243 g/mol.